The predicted molar refractivity (Wildman–Crippen MR) is 53.0 cm³/mol. The smallest absolute Gasteiger partial charge is 0.272 e. The van der Waals surface area contributed by atoms with E-state index in [1.165, 1.54) is 23.2 Å². The number of pyridine rings is 1. The molecule has 1 aromatic rings. The van der Waals surface area contributed by atoms with Crippen molar-refractivity contribution in [1.82, 2.24) is 9.88 Å². The molecule has 0 saturated heterocycles. The Morgan fingerprint density at radius 3 is 2.87 bits per heavy atom. The first-order chi connectivity index (χ1) is 7.19. The van der Waals surface area contributed by atoms with E-state index in [0.717, 1.165) is 0 Å². The average Bonchev–Trinajstić information content (AvgIpc) is 2.28. The highest BCUT2D eigenvalue weighted by molar-refractivity contribution is 5.92. The fourth-order valence-electron chi connectivity index (χ4n) is 1.03. The fraction of sp³-hybridized carbons (Fsp3) is 0.300. The van der Waals surface area contributed by atoms with E-state index >= 15 is 0 Å². The van der Waals surface area contributed by atoms with Gasteiger partial charge in [0.15, 0.2) is 0 Å². The molecule has 0 aliphatic rings. The number of rotatable bonds is 3. The second kappa shape index (κ2) is 5.08. The third-order valence-electron chi connectivity index (χ3n) is 1.89. The van der Waals surface area contributed by atoms with Crippen molar-refractivity contribution in [3.63, 3.8) is 0 Å². The molecule has 0 spiro atoms. The van der Waals surface area contributed by atoms with Crippen molar-refractivity contribution in [2.24, 2.45) is 0 Å². The Morgan fingerprint density at radius 1 is 1.67 bits per heavy atom. The number of nitrogens with zero attached hydrogens (tertiary/aromatic N) is 3. The molecule has 1 amide bonds. The first-order valence-electron chi connectivity index (χ1n) is 4.41. The van der Waals surface area contributed by atoms with Gasteiger partial charge in [0.05, 0.1) is 12.2 Å². The SMILES string of the molecule is CN(CCO)C(=O)c1ccc(C#N)cn1. The standard InChI is InChI=1S/C10H11N3O2/c1-13(4-5-14)10(15)9-3-2-8(6-11)7-12-9/h2-3,7,14H,4-5H2,1H3. The van der Waals surface area contributed by atoms with Gasteiger partial charge in [-0.25, -0.2) is 4.98 Å². The lowest BCUT2D eigenvalue weighted by molar-refractivity contribution is 0.0761. The van der Waals surface area contributed by atoms with Gasteiger partial charge in [-0.1, -0.05) is 0 Å². The minimum absolute atomic E-state index is 0.0848. The Hall–Kier alpha value is -1.93. The van der Waals surface area contributed by atoms with Crippen molar-refractivity contribution >= 4 is 5.91 Å². The normalized spacial score (nSPS) is 9.40. The zero-order valence-corrected chi connectivity index (χ0v) is 8.34. The van der Waals surface area contributed by atoms with Crippen molar-refractivity contribution in [2.45, 2.75) is 0 Å². The summed E-state index contributed by atoms with van der Waals surface area (Å²) in [4.78, 5) is 16.8. The summed E-state index contributed by atoms with van der Waals surface area (Å²) in [5.74, 6) is -0.270. The van der Waals surface area contributed by atoms with Gasteiger partial charge in [-0.2, -0.15) is 5.26 Å². The van der Waals surface area contributed by atoms with Crippen molar-refractivity contribution in [3.8, 4) is 6.07 Å². The number of aliphatic hydroxyl groups excluding tert-OH is 1. The average molecular weight is 205 g/mol. The van der Waals surface area contributed by atoms with Gasteiger partial charge in [0, 0.05) is 19.8 Å². The van der Waals surface area contributed by atoms with Gasteiger partial charge in [0.2, 0.25) is 0 Å². The molecule has 0 atom stereocenters. The van der Waals surface area contributed by atoms with Crippen LogP contribution >= 0.6 is 0 Å². The molecule has 0 saturated carbocycles. The molecule has 5 heteroatoms. The summed E-state index contributed by atoms with van der Waals surface area (Å²) in [7, 11) is 1.58. The van der Waals surface area contributed by atoms with Gasteiger partial charge < -0.3 is 10.0 Å². The molecule has 1 aromatic heterocycles. The van der Waals surface area contributed by atoms with E-state index in [2.05, 4.69) is 4.98 Å². The quantitative estimate of drug-likeness (QED) is 0.754. The van der Waals surface area contributed by atoms with E-state index in [9.17, 15) is 4.79 Å². The van der Waals surface area contributed by atoms with Gasteiger partial charge in [-0.3, -0.25) is 4.79 Å². The van der Waals surface area contributed by atoms with Crippen LogP contribution in [0.5, 0.6) is 0 Å². The summed E-state index contributed by atoms with van der Waals surface area (Å²) >= 11 is 0. The number of amides is 1. The van der Waals surface area contributed by atoms with Gasteiger partial charge >= 0.3 is 0 Å². The van der Waals surface area contributed by atoms with E-state index in [4.69, 9.17) is 10.4 Å². The van der Waals surface area contributed by atoms with E-state index < -0.39 is 0 Å². The number of aliphatic hydroxyl groups is 1. The maximum absolute atomic E-state index is 11.6. The van der Waals surface area contributed by atoms with Crippen molar-refractivity contribution in [3.05, 3.63) is 29.6 Å². The molecule has 0 aromatic carbocycles. The Bertz CT molecular complexity index is 381. The van der Waals surface area contributed by atoms with Crippen molar-refractivity contribution < 1.29 is 9.90 Å². The molecule has 0 bridgehead atoms. The molecule has 15 heavy (non-hydrogen) atoms. The number of hydrogen-bond donors (Lipinski definition) is 1. The minimum atomic E-state index is -0.270. The Kier molecular flexibility index (Phi) is 3.77. The van der Waals surface area contributed by atoms with Crippen LogP contribution in [0.25, 0.3) is 0 Å². The van der Waals surface area contributed by atoms with Gasteiger partial charge in [0.1, 0.15) is 11.8 Å². The summed E-state index contributed by atoms with van der Waals surface area (Å²) in [5, 5.41) is 17.2. The number of likely N-dealkylation sites (N-methyl/N-ethyl adjacent to an activating group) is 1. The summed E-state index contributed by atoms with van der Waals surface area (Å²) in [6.07, 6.45) is 1.35. The molecule has 1 N–H and O–H groups in total. The van der Waals surface area contributed by atoms with Crippen LogP contribution in [0.4, 0.5) is 0 Å². The Morgan fingerprint density at radius 2 is 2.40 bits per heavy atom. The van der Waals surface area contributed by atoms with Gasteiger partial charge in [0.25, 0.3) is 5.91 Å². The van der Waals surface area contributed by atoms with Crippen LogP contribution in [0.15, 0.2) is 18.3 Å². The molecule has 5 nitrogen and oxygen atoms in total. The Labute approximate surface area is 87.6 Å². The summed E-state index contributed by atoms with van der Waals surface area (Å²) < 4.78 is 0. The van der Waals surface area contributed by atoms with Crippen LogP contribution < -0.4 is 0 Å². The molecule has 1 rings (SSSR count). The molecular formula is C10H11N3O2. The molecular weight excluding hydrogens is 194 g/mol. The molecule has 0 aliphatic carbocycles. The maximum Gasteiger partial charge on any atom is 0.272 e. The van der Waals surface area contributed by atoms with Crippen molar-refractivity contribution in [2.75, 3.05) is 20.2 Å². The third kappa shape index (κ3) is 2.76. The van der Waals surface area contributed by atoms with E-state index in [1.807, 2.05) is 6.07 Å². The summed E-state index contributed by atoms with van der Waals surface area (Å²) in [6, 6.07) is 4.95. The molecule has 78 valence electrons. The lowest BCUT2D eigenvalue weighted by Gasteiger charge is -2.14. The second-order valence-electron chi connectivity index (χ2n) is 2.99. The maximum atomic E-state index is 11.6. The second-order valence-corrected chi connectivity index (χ2v) is 2.99. The summed E-state index contributed by atoms with van der Waals surface area (Å²) in [5.41, 5.74) is 0.682. The molecule has 0 aliphatic heterocycles. The lowest BCUT2D eigenvalue weighted by atomic mass is 10.2. The van der Waals surface area contributed by atoms with Crippen LogP contribution in [0, 0.1) is 11.3 Å². The van der Waals surface area contributed by atoms with Crippen LogP contribution in [0.1, 0.15) is 16.1 Å². The largest absolute Gasteiger partial charge is 0.395 e. The van der Waals surface area contributed by atoms with Crippen LogP contribution in [0.3, 0.4) is 0 Å². The topological polar surface area (TPSA) is 77.2 Å². The van der Waals surface area contributed by atoms with Crippen molar-refractivity contribution in [1.29, 1.82) is 5.26 Å². The van der Waals surface area contributed by atoms with E-state index in [-0.39, 0.29) is 24.8 Å². The number of hydrogen-bond acceptors (Lipinski definition) is 4. The number of carbonyl (C=O) groups is 1. The zero-order valence-electron chi connectivity index (χ0n) is 8.34. The molecule has 1 heterocycles. The van der Waals surface area contributed by atoms with Crippen LogP contribution in [-0.4, -0.2) is 41.1 Å². The Balaban J connectivity index is 2.79. The van der Waals surface area contributed by atoms with E-state index in [1.54, 1.807) is 7.05 Å². The summed E-state index contributed by atoms with van der Waals surface area (Å²) in [6.45, 7) is 0.180. The first kappa shape index (κ1) is 11.1. The minimum Gasteiger partial charge on any atom is -0.395 e. The number of aromatic nitrogens is 1. The molecule has 0 fully saturated rings. The highest BCUT2D eigenvalue weighted by Gasteiger charge is 2.11. The fourth-order valence-corrected chi connectivity index (χ4v) is 1.03. The van der Waals surface area contributed by atoms with Gasteiger partial charge in [-0.15, -0.1) is 0 Å². The van der Waals surface area contributed by atoms with Gasteiger partial charge in [-0.05, 0) is 12.1 Å². The lowest BCUT2D eigenvalue weighted by Crippen LogP contribution is -2.30. The number of nitriles is 1. The number of carbonyl (C=O) groups excluding carboxylic acids is 1. The third-order valence-corrected chi connectivity index (χ3v) is 1.89. The van der Waals surface area contributed by atoms with Crippen LogP contribution in [-0.2, 0) is 0 Å². The monoisotopic (exact) mass is 205 g/mol. The highest BCUT2D eigenvalue weighted by atomic mass is 16.3. The predicted octanol–water partition coefficient (Wildman–Crippen LogP) is 0.0176. The molecule has 0 unspecified atom stereocenters. The van der Waals surface area contributed by atoms with Crippen LogP contribution in [0.2, 0.25) is 0 Å². The first-order valence-corrected chi connectivity index (χ1v) is 4.41. The highest BCUT2D eigenvalue weighted by Crippen LogP contribution is 2.01. The van der Waals surface area contributed by atoms with E-state index in [0.29, 0.717) is 5.56 Å². The zero-order chi connectivity index (χ0) is 11.3. The molecule has 0 radical (unpaired) electrons.